The number of fused-ring (bicyclic) bond motifs is 2. The molecule has 0 aliphatic heterocycles. The van der Waals surface area contributed by atoms with E-state index in [0.717, 1.165) is 0 Å². The number of benzene rings is 3. The third-order valence-electron chi connectivity index (χ3n) is 9.41. The smallest absolute Gasteiger partial charge is 0.0678 e. The molecule has 0 amide bonds. The van der Waals surface area contributed by atoms with Gasteiger partial charge in [-0.25, -0.2) is 0 Å². The number of rotatable bonds is 7. The Balaban J connectivity index is 1.77. The van der Waals surface area contributed by atoms with Crippen molar-refractivity contribution in [3.8, 4) is 0 Å². The summed E-state index contributed by atoms with van der Waals surface area (Å²) in [5.41, 5.74) is 16.4. The Morgan fingerprint density at radius 1 is 0.538 bits per heavy atom. The molecule has 39 heavy (non-hydrogen) atoms. The molecule has 0 saturated heterocycles. The first-order valence-electron chi connectivity index (χ1n) is 15.3. The second kappa shape index (κ2) is 10.7. The largest absolute Gasteiger partial charge is 0.0944 e. The summed E-state index contributed by atoms with van der Waals surface area (Å²) < 4.78 is 0. The molecule has 0 nitrogen and oxygen atoms in total. The first kappa shape index (κ1) is 27.9. The fourth-order valence-corrected chi connectivity index (χ4v) is 11.7. The lowest BCUT2D eigenvalue weighted by atomic mass is 9.89. The van der Waals surface area contributed by atoms with Crippen molar-refractivity contribution in [2.75, 3.05) is 0 Å². The molecule has 2 aliphatic carbocycles. The van der Waals surface area contributed by atoms with E-state index in [1.807, 2.05) is 0 Å². The van der Waals surface area contributed by atoms with Crippen LogP contribution in [0.4, 0.5) is 0 Å². The minimum Gasteiger partial charge on any atom is -0.0678 e. The molecule has 2 aliphatic rings. The van der Waals surface area contributed by atoms with Crippen LogP contribution < -0.4 is 5.19 Å². The van der Waals surface area contributed by atoms with Crippen LogP contribution >= 0.6 is 0 Å². The molecule has 0 radical (unpaired) electrons. The van der Waals surface area contributed by atoms with E-state index in [0.29, 0.717) is 34.8 Å². The van der Waals surface area contributed by atoms with E-state index in [-0.39, 0.29) is 0 Å². The van der Waals surface area contributed by atoms with Gasteiger partial charge >= 0.3 is 0 Å². The normalized spacial score (nSPS) is 19.1. The van der Waals surface area contributed by atoms with Gasteiger partial charge < -0.3 is 0 Å². The molecule has 1 heteroatoms. The van der Waals surface area contributed by atoms with Gasteiger partial charge in [0.25, 0.3) is 0 Å². The molecule has 5 rings (SSSR count). The average molecular weight is 533 g/mol. The Hall–Kier alpha value is -2.64. The summed E-state index contributed by atoms with van der Waals surface area (Å²) in [5, 5.41) is 1.59. The zero-order valence-electron chi connectivity index (χ0n) is 25.9. The van der Waals surface area contributed by atoms with Crippen molar-refractivity contribution >= 4 is 26.1 Å². The van der Waals surface area contributed by atoms with Gasteiger partial charge in [-0.3, -0.25) is 0 Å². The van der Waals surface area contributed by atoms with Crippen LogP contribution in [0.15, 0.2) is 65.7 Å². The highest BCUT2D eigenvalue weighted by atomic mass is 28.3. The van der Waals surface area contributed by atoms with Crippen molar-refractivity contribution in [2.45, 2.75) is 104 Å². The molecule has 0 heterocycles. The van der Waals surface area contributed by atoms with E-state index in [1.165, 1.54) is 33.4 Å². The molecule has 0 spiro atoms. The molecule has 0 bridgehead atoms. The summed E-state index contributed by atoms with van der Waals surface area (Å²) >= 11 is 0. The zero-order chi connectivity index (χ0) is 28.2. The van der Waals surface area contributed by atoms with Gasteiger partial charge in [-0.1, -0.05) is 138 Å². The molecule has 3 aromatic rings. The molecule has 2 unspecified atom stereocenters. The molecule has 3 aromatic carbocycles. The van der Waals surface area contributed by atoms with E-state index in [1.54, 1.807) is 27.5 Å². The lowest BCUT2D eigenvalue weighted by molar-refractivity contribution is 0.824. The highest BCUT2D eigenvalue weighted by molar-refractivity contribution is 6.77. The first-order chi connectivity index (χ1) is 18.5. The van der Waals surface area contributed by atoms with Gasteiger partial charge in [0.05, 0.1) is 8.80 Å². The summed E-state index contributed by atoms with van der Waals surface area (Å²) in [6.07, 6.45) is 5.11. The van der Waals surface area contributed by atoms with Gasteiger partial charge in [-0.05, 0) is 82.0 Å². The lowest BCUT2D eigenvalue weighted by Crippen LogP contribution is -2.43. The third-order valence-corrected chi connectivity index (χ3v) is 13.8. The Bertz CT molecular complexity index is 1340. The van der Waals surface area contributed by atoms with Gasteiger partial charge in [-0.2, -0.15) is 0 Å². The van der Waals surface area contributed by atoms with E-state index in [9.17, 15) is 0 Å². The van der Waals surface area contributed by atoms with Crippen molar-refractivity contribution in [3.05, 3.63) is 110 Å². The maximum absolute atomic E-state index is 2.59. The predicted octanol–water partition coefficient (Wildman–Crippen LogP) is 10.1. The van der Waals surface area contributed by atoms with Crippen LogP contribution in [0, 0.1) is 0 Å². The minimum atomic E-state index is -1.63. The maximum atomic E-state index is 2.59. The Morgan fingerprint density at radius 3 is 1.31 bits per heavy atom. The highest BCUT2D eigenvalue weighted by Gasteiger charge is 2.42. The lowest BCUT2D eigenvalue weighted by Gasteiger charge is -2.33. The third kappa shape index (κ3) is 4.93. The number of hydrogen-bond donors (Lipinski definition) is 0. The van der Waals surface area contributed by atoms with Crippen LogP contribution in [-0.2, 0) is 0 Å². The molecule has 2 atom stereocenters. The Morgan fingerprint density at radius 2 is 0.949 bits per heavy atom. The van der Waals surface area contributed by atoms with Crippen LogP contribution in [0.25, 0.3) is 12.2 Å². The van der Waals surface area contributed by atoms with Crippen molar-refractivity contribution in [3.63, 3.8) is 0 Å². The van der Waals surface area contributed by atoms with Crippen molar-refractivity contribution in [1.82, 2.24) is 0 Å². The van der Waals surface area contributed by atoms with Gasteiger partial charge in [-0.15, -0.1) is 0 Å². The van der Waals surface area contributed by atoms with E-state index in [4.69, 9.17) is 0 Å². The molecule has 0 N–H and O–H groups in total. The minimum absolute atomic E-state index is 0.503. The fraction of sp³-hybridized carbons (Fsp3) is 0.421. The van der Waals surface area contributed by atoms with E-state index in [2.05, 4.69) is 136 Å². The number of hydrogen-bond acceptors (Lipinski definition) is 0. The molecule has 0 aromatic heterocycles. The summed E-state index contributed by atoms with van der Waals surface area (Å²) in [4.78, 5) is 0. The average Bonchev–Trinajstić information content (AvgIpc) is 3.39. The van der Waals surface area contributed by atoms with Gasteiger partial charge in [0.1, 0.15) is 0 Å². The van der Waals surface area contributed by atoms with Gasteiger partial charge in [0, 0.05) is 11.1 Å². The summed E-state index contributed by atoms with van der Waals surface area (Å²) in [6.45, 7) is 23.7. The summed E-state index contributed by atoms with van der Waals surface area (Å²) in [6, 6.07) is 21.8. The number of allylic oxidation sites excluding steroid dienone is 2. The molecule has 204 valence electrons. The fourth-order valence-electron chi connectivity index (χ4n) is 7.25. The predicted molar refractivity (Wildman–Crippen MR) is 175 cm³/mol. The second-order valence-corrected chi connectivity index (χ2v) is 16.6. The van der Waals surface area contributed by atoms with Gasteiger partial charge in [0.2, 0.25) is 0 Å². The van der Waals surface area contributed by atoms with Crippen molar-refractivity contribution < 1.29 is 0 Å². The van der Waals surface area contributed by atoms with E-state index < -0.39 is 8.80 Å². The Labute approximate surface area is 239 Å². The molecular formula is C38H48Si. The maximum Gasteiger partial charge on any atom is 0.0944 e. The monoisotopic (exact) mass is 532 g/mol. The second-order valence-electron chi connectivity index (χ2n) is 13.5. The van der Waals surface area contributed by atoms with Crippen LogP contribution in [0.3, 0.4) is 0 Å². The summed E-state index contributed by atoms with van der Waals surface area (Å²) in [5.74, 6) is 2.10. The van der Waals surface area contributed by atoms with Crippen LogP contribution in [0.1, 0.15) is 148 Å². The quantitative estimate of drug-likeness (QED) is 0.266. The van der Waals surface area contributed by atoms with Crippen LogP contribution in [0.5, 0.6) is 0 Å². The zero-order valence-corrected chi connectivity index (χ0v) is 27.0. The molecule has 0 saturated carbocycles. The Kier molecular flexibility index (Phi) is 7.68. The highest BCUT2D eigenvalue weighted by Crippen LogP contribution is 2.50. The van der Waals surface area contributed by atoms with Crippen molar-refractivity contribution in [1.29, 1.82) is 0 Å². The molecule has 0 fully saturated rings. The SMILES string of the molecule is CC1=Cc2c(C(C)C)cc(C(C)C)cc2C1[SiH](c1ccccc1)C1C(C)=Cc2c(C(C)C)cc(C(C)C)cc21. The van der Waals surface area contributed by atoms with E-state index >= 15 is 0 Å². The topological polar surface area (TPSA) is 0 Å². The standard InChI is InChI=1S/C38H48Si/c1-22(2)28-18-31(24(5)6)33-16-26(9)37(35(33)20-28)39(30-14-12-11-13-15-30)38-27(10)17-34-32(25(7)8)19-29(23(3)4)21-36(34)38/h11-25,37-39H,1-10H3. The summed E-state index contributed by atoms with van der Waals surface area (Å²) in [7, 11) is -1.63. The van der Waals surface area contributed by atoms with Crippen molar-refractivity contribution in [2.24, 2.45) is 0 Å². The van der Waals surface area contributed by atoms with Crippen LogP contribution in [-0.4, -0.2) is 8.80 Å². The first-order valence-corrected chi connectivity index (χ1v) is 17.2. The van der Waals surface area contributed by atoms with Gasteiger partial charge in [0.15, 0.2) is 0 Å². The van der Waals surface area contributed by atoms with Crippen LogP contribution in [0.2, 0.25) is 0 Å². The molecular weight excluding hydrogens is 485 g/mol.